The van der Waals surface area contributed by atoms with Gasteiger partial charge < -0.3 is 9.47 Å². The lowest BCUT2D eigenvalue weighted by Crippen LogP contribution is -2.41. The van der Waals surface area contributed by atoms with Crippen molar-refractivity contribution in [2.24, 2.45) is 12.0 Å². The summed E-state index contributed by atoms with van der Waals surface area (Å²) < 4.78 is 14.5. The van der Waals surface area contributed by atoms with Crippen molar-refractivity contribution in [2.45, 2.75) is 33.2 Å². The average Bonchev–Trinajstić information content (AvgIpc) is 2.72. The van der Waals surface area contributed by atoms with Gasteiger partial charge >= 0.3 is 5.69 Å². The second kappa shape index (κ2) is 7.52. The third-order valence-electron chi connectivity index (χ3n) is 5.87. The Hall–Kier alpha value is -3.28. The number of methoxy groups -OCH3 is 2. The fourth-order valence-electron chi connectivity index (χ4n) is 4.23. The first-order valence-electron chi connectivity index (χ1n) is 10.0. The van der Waals surface area contributed by atoms with E-state index in [0.717, 1.165) is 40.1 Å². The van der Waals surface area contributed by atoms with E-state index in [2.05, 4.69) is 6.92 Å². The molecule has 3 aromatic rings. The molecular formula is C24H27N3O3. The summed E-state index contributed by atoms with van der Waals surface area (Å²) in [6.45, 7) is 6.13. The Bertz CT molecular complexity index is 1250. The zero-order valence-electron chi connectivity index (χ0n) is 18.3. The lowest BCUT2D eigenvalue weighted by molar-refractivity contribution is 0.354. The Labute approximate surface area is 176 Å². The van der Waals surface area contributed by atoms with E-state index >= 15 is 0 Å². The molecule has 0 unspecified atom stereocenters. The Balaban J connectivity index is 2.04. The van der Waals surface area contributed by atoms with Crippen LogP contribution in [0.4, 0.5) is 5.69 Å². The molecule has 6 nitrogen and oxygen atoms in total. The van der Waals surface area contributed by atoms with Crippen molar-refractivity contribution in [3.63, 3.8) is 0 Å². The molecule has 0 saturated carbocycles. The molecular weight excluding hydrogens is 378 g/mol. The lowest BCUT2D eigenvalue weighted by atomic mass is 9.93. The SMILES string of the molecule is COc1cc2c(cc1OC)-c1c/c(=N/c3c(C)cccc3C)n(C)c(=O)n1[C@@H](C)C2. The molecule has 0 spiro atoms. The highest BCUT2D eigenvalue weighted by Crippen LogP contribution is 2.39. The minimum absolute atomic E-state index is 0.0264. The fourth-order valence-corrected chi connectivity index (χ4v) is 4.23. The number of ether oxygens (including phenoxy) is 2. The summed E-state index contributed by atoms with van der Waals surface area (Å²) in [5.74, 6) is 1.34. The maximum absolute atomic E-state index is 13.3. The first-order valence-corrected chi connectivity index (χ1v) is 10.0. The van der Waals surface area contributed by atoms with E-state index in [9.17, 15) is 4.79 Å². The molecule has 1 atom stereocenters. The maximum atomic E-state index is 13.3. The summed E-state index contributed by atoms with van der Waals surface area (Å²) in [4.78, 5) is 18.2. The Morgan fingerprint density at radius 3 is 2.30 bits per heavy atom. The van der Waals surface area contributed by atoms with Gasteiger partial charge in [-0.05, 0) is 56.0 Å². The molecule has 156 valence electrons. The lowest BCUT2D eigenvalue weighted by Gasteiger charge is -2.28. The van der Waals surface area contributed by atoms with Gasteiger partial charge in [0.25, 0.3) is 0 Å². The minimum atomic E-state index is -0.0783. The molecule has 0 radical (unpaired) electrons. The van der Waals surface area contributed by atoms with Crippen LogP contribution in [-0.4, -0.2) is 23.4 Å². The number of aryl methyl sites for hydroxylation is 2. The van der Waals surface area contributed by atoms with Crippen LogP contribution in [0.1, 0.15) is 29.7 Å². The van der Waals surface area contributed by atoms with Crippen LogP contribution in [0.2, 0.25) is 0 Å². The number of aromatic nitrogens is 2. The Kier molecular flexibility index (Phi) is 5.02. The van der Waals surface area contributed by atoms with Crippen molar-refractivity contribution in [1.82, 2.24) is 9.13 Å². The Morgan fingerprint density at radius 1 is 1.03 bits per heavy atom. The quantitative estimate of drug-likeness (QED) is 0.665. The second-order valence-electron chi connectivity index (χ2n) is 7.87. The zero-order valence-corrected chi connectivity index (χ0v) is 18.3. The number of hydrogen-bond acceptors (Lipinski definition) is 4. The average molecular weight is 405 g/mol. The molecule has 1 aliphatic rings. The van der Waals surface area contributed by atoms with Crippen LogP contribution < -0.4 is 20.7 Å². The van der Waals surface area contributed by atoms with Gasteiger partial charge in [-0.3, -0.25) is 9.13 Å². The van der Waals surface area contributed by atoms with E-state index in [1.54, 1.807) is 25.8 Å². The summed E-state index contributed by atoms with van der Waals surface area (Å²) in [5, 5.41) is 0. The minimum Gasteiger partial charge on any atom is -0.493 e. The van der Waals surface area contributed by atoms with Crippen LogP contribution in [0.3, 0.4) is 0 Å². The maximum Gasteiger partial charge on any atom is 0.330 e. The van der Waals surface area contributed by atoms with Gasteiger partial charge in [0.1, 0.15) is 5.49 Å². The molecule has 6 heteroatoms. The van der Waals surface area contributed by atoms with Crippen LogP contribution in [-0.2, 0) is 13.5 Å². The summed E-state index contributed by atoms with van der Waals surface area (Å²) >= 11 is 0. The van der Waals surface area contributed by atoms with Crippen LogP contribution in [0.25, 0.3) is 11.3 Å². The molecule has 0 bridgehead atoms. The van der Waals surface area contributed by atoms with E-state index in [0.29, 0.717) is 17.0 Å². The molecule has 30 heavy (non-hydrogen) atoms. The van der Waals surface area contributed by atoms with Crippen molar-refractivity contribution in [3.05, 3.63) is 69.1 Å². The molecule has 0 saturated heterocycles. The van der Waals surface area contributed by atoms with Gasteiger partial charge in [0.05, 0.1) is 25.6 Å². The van der Waals surface area contributed by atoms with Gasteiger partial charge in [0.2, 0.25) is 0 Å². The molecule has 1 aliphatic heterocycles. The summed E-state index contributed by atoms with van der Waals surface area (Å²) in [5.41, 5.74) is 6.55. The van der Waals surface area contributed by atoms with E-state index in [-0.39, 0.29) is 11.7 Å². The van der Waals surface area contributed by atoms with Gasteiger partial charge in [-0.25, -0.2) is 9.79 Å². The summed E-state index contributed by atoms with van der Waals surface area (Å²) in [7, 11) is 5.03. The van der Waals surface area contributed by atoms with Crippen molar-refractivity contribution < 1.29 is 9.47 Å². The third kappa shape index (κ3) is 3.12. The molecule has 0 N–H and O–H groups in total. The van der Waals surface area contributed by atoms with Gasteiger partial charge in [0.15, 0.2) is 11.5 Å². The summed E-state index contributed by atoms with van der Waals surface area (Å²) in [6.07, 6.45) is 0.746. The molecule has 2 aromatic carbocycles. The summed E-state index contributed by atoms with van der Waals surface area (Å²) in [6, 6.07) is 12.1. The Morgan fingerprint density at radius 2 is 1.67 bits per heavy atom. The number of hydrogen-bond donors (Lipinski definition) is 0. The molecule has 1 aromatic heterocycles. The standard InChI is InChI=1S/C24H27N3O3/c1-14-8-7-9-15(2)23(14)25-22-13-19-18-12-21(30-6)20(29-5)11-17(18)10-16(3)27(19)24(28)26(22)4/h7-9,11-13,16H,10H2,1-6H3/b25-22-/t16-/m0/s1. The molecule has 4 rings (SSSR count). The number of benzene rings is 2. The van der Waals surface area contributed by atoms with E-state index < -0.39 is 0 Å². The van der Waals surface area contributed by atoms with Crippen molar-refractivity contribution in [1.29, 1.82) is 0 Å². The number of rotatable bonds is 3. The first kappa shape index (κ1) is 20.0. The zero-order chi connectivity index (χ0) is 21.6. The van der Waals surface area contributed by atoms with Gasteiger partial charge in [0, 0.05) is 24.7 Å². The topological polar surface area (TPSA) is 57.8 Å². The van der Waals surface area contributed by atoms with Crippen LogP contribution >= 0.6 is 0 Å². The fraction of sp³-hybridized carbons (Fsp3) is 0.333. The third-order valence-corrected chi connectivity index (χ3v) is 5.87. The van der Waals surface area contributed by atoms with Crippen LogP contribution in [0.5, 0.6) is 11.5 Å². The van der Waals surface area contributed by atoms with Gasteiger partial charge in [-0.1, -0.05) is 18.2 Å². The first-order chi connectivity index (χ1) is 14.3. The van der Waals surface area contributed by atoms with Crippen LogP contribution in [0, 0.1) is 13.8 Å². The predicted octanol–water partition coefficient (Wildman–Crippen LogP) is 3.84. The highest BCUT2D eigenvalue weighted by Gasteiger charge is 2.26. The van der Waals surface area contributed by atoms with E-state index in [1.165, 1.54) is 0 Å². The molecule has 2 heterocycles. The highest BCUT2D eigenvalue weighted by molar-refractivity contribution is 5.70. The van der Waals surface area contributed by atoms with Crippen molar-refractivity contribution in [2.75, 3.05) is 14.2 Å². The number of fused-ring (bicyclic) bond motifs is 3. The molecule has 0 amide bonds. The normalized spacial score (nSPS) is 15.5. The smallest absolute Gasteiger partial charge is 0.330 e. The number of nitrogens with zero attached hydrogens (tertiary/aromatic N) is 3. The molecule has 0 fully saturated rings. The molecule has 0 aliphatic carbocycles. The predicted molar refractivity (Wildman–Crippen MR) is 118 cm³/mol. The number of para-hydroxylation sites is 1. The second-order valence-corrected chi connectivity index (χ2v) is 7.87. The monoisotopic (exact) mass is 405 g/mol. The van der Waals surface area contributed by atoms with Crippen molar-refractivity contribution >= 4 is 5.69 Å². The highest BCUT2D eigenvalue weighted by atomic mass is 16.5. The largest absolute Gasteiger partial charge is 0.493 e. The van der Waals surface area contributed by atoms with E-state index in [1.807, 2.05) is 54.8 Å². The van der Waals surface area contributed by atoms with Crippen molar-refractivity contribution in [3.8, 4) is 22.8 Å². The van der Waals surface area contributed by atoms with Gasteiger partial charge in [-0.2, -0.15) is 0 Å². The van der Waals surface area contributed by atoms with Crippen LogP contribution in [0.15, 0.2) is 46.2 Å². The van der Waals surface area contributed by atoms with Gasteiger partial charge in [-0.15, -0.1) is 0 Å². The van der Waals surface area contributed by atoms with E-state index in [4.69, 9.17) is 14.5 Å².